The number of hydrogen-bond acceptors (Lipinski definition) is 6. The highest BCUT2D eigenvalue weighted by Gasteiger charge is 2.31. The summed E-state index contributed by atoms with van der Waals surface area (Å²) >= 11 is 1.33. The third-order valence-electron chi connectivity index (χ3n) is 7.34. The number of hydrogen-bond donors (Lipinski definition) is 1. The molecule has 1 saturated carbocycles. The van der Waals surface area contributed by atoms with E-state index < -0.39 is 5.82 Å². The van der Waals surface area contributed by atoms with Gasteiger partial charge in [-0.1, -0.05) is 11.8 Å². The van der Waals surface area contributed by atoms with Gasteiger partial charge in [-0.2, -0.15) is 20.7 Å². The molecule has 4 aromatic rings. The molecule has 1 aromatic carbocycles. The first-order valence-corrected chi connectivity index (χ1v) is 12.7. The Morgan fingerprint density at radius 3 is 2.53 bits per heavy atom. The minimum Gasteiger partial charge on any atom is -0.315 e. The number of benzene rings is 1. The van der Waals surface area contributed by atoms with E-state index in [9.17, 15) is 14.9 Å². The number of nitrogens with one attached hydrogen (secondary N) is 1. The molecule has 0 saturated heterocycles. The highest BCUT2D eigenvalue weighted by molar-refractivity contribution is 7.99. The van der Waals surface area contributed by atoms with Crippen LogP contribution >= 0.6 is 11.8 Å². The van der Waals surface area contributed by atoms with Crippen LogP contribution < -0.4 is 5.32 Å². The van der Waals surface area contributed by atoms with Crippen LogP contribution in [-0.2, 0) is 0 Å². The van der Waals surface area contributed by atoms with Gasteiger partial charge in [0, 0.05) is 38.3 Å². The van der Waals surface area contributed by atoms with Crippen molar-refractivity contribution in [2.45, 2.75) is 60.9 Å². The van der Waals surface area contributed by atoms with Gasteiger partial charge in [0.15, 0.2) is 0 Å². The van der Waals surface area contributed by atoms with Crippen molar-refractivity contribution < 1.29 is 4.39 Å². The lowest BCUT2D eigenvalue weighted by Gasteiger charge is -2.37. The molecule has 0 atom stereocenters. The van der Waals surface area contributed by atoms with Gasteiger partial charge >= 0.3 is 0 Å². The van der Waals surface area contributed by atoms with Gasteiger partial charge in [0.05, 0.1) is 35.1 Å². The van der Waals surface area contributed by atoms with E-state index in [1.807, 2.05) is 25.5 Å². The van der Waals surface area contributed by atoms with E-state index in [2.05, 4.69) is 41.1 Å². The van der Waals surface area contributed by atoms with Gasteiger partial charge in [-0.25, -0.2) is 8.91 Å². The fourth-order valence-electron chi connectivity index (χ4n) is 5.00. The van der Waals surface area contributed by atoms with E-state index in [-0.39, 0.29) is 11.1 Å². The normalized spacial score (nSPS) is 19.8. The van der Waals surface area contributed by atoms with Gasteiger partial charge in [0.2, 0.25) is 0 Å². The van der Waals surface area contributed by atoms with Crippen LogP contribution in [0.15, 0.2) is 52.6 Å². The van der Waals surface area contributed by atoms with Gasteiger partial charge in [-0.3, -0.25) is 4.68 Å². The fraction of sp³-hybridized carbons (Fsp3) is 0.333. The number of nitrogens with zero attached hydrogens (tertiary/aromatic N) is 6. The summed E-state index contributed by atoms with van der Waals surface area (Å²) in [5, 5.41) is 31.8. The topological polar surface area (TPSA) is 94.7 Å². The third kappa shape index (κ3) is 4.26. The van der Waals surface area contributed by atoms with Crippen molar-refractivity contribution in [3.63, 3.8) is 0 Å². The van der Waals surface area contributed by atoms with Crippen molar-refractivity contribution >= 4 is 17.3 Å². The zero-order chi connectivity index (χ0) is 25.4. The Morgan fingerprint density at radius 2 is 1.83 bits per heavy atom. The molecule has 0 amide bonds. The predicted molar refractivity (Wildman–Crippen MR) is 136 cm³/mol. The maximum atomic E-state index is 13.7. The van der Waals surface area contributed by atoms with E-state index in [4.69, 9.17) is 5.10 Å². The fourth-order valence-corrected chi connectivity index (χ4v) is 6.07. The molecular formula is C27H26FN7S. The Balaban J connectivity index is 1.55. The van der Waals surface area contributed by atoms with E-state index in [1.54, 1.807) is 10.6 Å². The maximum absolute atomic E-state index is 13.7. The van der Waals surface area contributed by atoms with Crippen LogP contribution in [0.4, 0.5) is 4.39 Å². The monoisotopic (exact) mass is 499 g/mol. The Morgan fingerprint density at radius 1 is 1.08 bits per heavy atom. The molecule has 0 radical (unpaired) electrons. The van der Waals surface area contributed by atoms with Crippen molar-refractivity contribution in [1.82, 2.24) is 24.7 Å². The first kappa shape index (κ1) is 24.1. The number of rotatable bonds is 5. The molecular weight excluding hydrogens is 473 g/mol. The number of pyridine rings is 1. The molecule has 5 rings (SSSR count). The molecule has 1 aliphatic carbocycles. The molecule has 0 bridgehead atoms. The van der Waals surface area contributed by atoms with E-state index >= 15 is 0 Å². The van der Waals surface area contributed by atoms with Crippen molar-refractivity contribution in [2.75, 3.05) is 7.05 Å². The first-order chi connectivity index (χ1) is 17.4. The third-order valence-corrected chi connectivity index (χ3v) is 8.45. The molecule has 3 aromatic heterocycles. The van der Waals surface area contributed by atoms with Crippen molar-refractivity contribution in [3.8, 4) is 23.3 Å². The van der Waals surface area contributed by atoms with Crippen molar-refractivity contribution in [3.05, 3.63) is 65.5 Å². The number of nitriles is 2. The highest BCUT2D eigenvalue weighted by atomic mass is 32.2. The number of halogens is 1. The molecule has 9 heteroatoms. The van der Waals surface area contributed by atoms with Crippen molar-refractivity contribution in [2.24, 2.45) is 0 Å². The van der Waals surface area contributed by atoms with Gasteiger partial charge in [0.1, 0.15) is 18.0 Å². The largest absolute Gasteiger partial charge is 0.315 e. The molecule has 1 fully saturated rings. The van der Waals surface area contributed by atoms with Crippen LogP contribution in [0.2, 0.25) is 0 Å². The summed E-state index contributed by atoms with van der Waals surface area (Å²) in [6.45, 7) is 4.36. The lowest BCUT2D eigenvalue weighted by molar-refractivity contribution is 0.208. The highest BCUT2D eigenvalue weighted by Crippen LogP contribution is 2.39. The molecule has 182 valence electrons. The summed E-state index contributed by atoms with van der Waals surface area (Å²) in [6.07, 6.45) is 9.65. The minimum atomic E-state index is -0.461. The molecule has 1 N–H and O–H groups in total. The second kappa shape index (κ2) is 9.42. The van der Waals surface area contributed by atoms with Crippen LogP contribution in [-0.4, -0.2) is 32.0 Å². The van der Waals surface area contributed by atoms with Crippen LogP contribution in [0.1, 0.15) is 55.5 Å². The van der Waals surface area contributed by atoms with E-state index in [1.165, 1.54) is 30.1 Å². The van der Waals surface area contributed by atoms with Gasteiger partial charge in [-0.05, 0) is 70.8 Å². The molecule has 1 aliphatic rings. The van der Waals surface area contributed by atoms with Crippen LogP contribution in [0.25, 0.3) is 16.6 Å². The van der Waals surface area contributed by atoms with Gasteiger partial charge in [0.25, 0.3) is 0 Å². The summed E-state index contributed by atoms with van der Waals surface area (Å²) in [5.41, 5.74) is 4.51. The zero-order valence-electron chi connectivity index (χ0n) is 20.4. The second-order valence-electron chi connectivity index (χ2n) is 9.54. The first-order valence-electron chi connectivity index (χ1n) is 11.9. The molecule has 36 heavy (non-hydrogen) atoms. The average Bonchev–Trinajstić information content (AvgIpc) is 3.48. The summed E-state index contributed by atoms with van der Waals surface area (Å²) in [6, 6.07) is 10.8. The van der Waals surface area contributed by atoms with E-state index in [0.29, 0.717) is 22.0 Å². The zero-order valence-corrected chi connectivity index (χ0v) is 21.2. The standard InChI is InChI=1S/C27H26FN7S/c1-17-23(15-33-35(17)22-6-8-27(2,31-3)9-7-22)19-11-25(26-20(13-30)14-32-34(26)16-19)36-24-5-4-21(28)10-18(24)12-29/h4-5,10-11,14-16,22,31H,6-9H2,1-3H3. The smallest absolute Gasteiger partial charge is 0.124 e. The van der Waals surface area contributed by atoms with Gasteiger partial charge in [-0.15, -0.1) is 0 Å². The SMILES string of the molecule is CNC1(C)CCC(n2ncc(-c3cc(Sc4ccc(F)cc4C#N)c4c(C#N)cnn4c3)c2C)CC1. The minimum absolute atomic E-state index is 0.179. The van der Waals surface area contributed by atoms with Crippen LogP contribution in [0.3, 0.4) is 0 Å². The predicted octanol–water partition coefficient (Wildman–Crippen LogP) is 5.63. The lowest BCUT2D eigenvalue weighted by atomic mass is 9.81. The summed E-state index contributed by atoms with van der Waals surface area (Å²) in [7, 11) is 2.03. The Hall–Kier alpha value is -3.66. The van der Waals surface area contributed by atoms with Crippen LogP contribution in [0.5, 0.6) is 0 Å². The average molecular weight is 500 g/mol. The van der Waals surface area contributed by atoms with E-state index in [0.717, 1.165) is 47.4 Å². The van der Waals surface area contributed by atoms with Crippen LogP contribution in [0, 0.1) is 35.4 Å². The summed E-state index contributed by atoms with van der Waals surface area (Å²) in [4.78, 5) is 1.38. The molecule has 0 unspecified atom stereocenters. The summed E-state index contributed by atoms with van der Waals surface area (Å²) < 4.78 is 17.5. The molecule has 7 nitrogen and oxygen atoms in total. The Labute approximate surface area is 213 Å². The molecule has 0 aliphatic heterocycles. The molecule has 3 heterocycles. The number of fused-ring (bicyclic) bond motifs is 1. The maximum Gasteiger partial charge on any atom is 0.124 e. The summed E-state index contributed by atoms with van der Waals surface area (Å²) in [5.74, 6) is -0.461. The second-order valence-corrected chi connectivity index (χ2v) is 10.6. The molecule has 0 spiro atoms. The quantitative estimate of drug-likeness (QED) is 0.382. The van der Waals surface area contributed by atoms with Gasteiger partial charge < -0.3 is 5.32 Å². The lowest BCUT2D eigenvalue weighted by Crippen LogP contribution is -2.43. The van der Waals surface area contributed by atoms with Crippen molar-refractivity contribution in [1.29, 1.82) is 10.5 Å². The Kier molecular flexibility index (Phi) is 6.29. The Bertz CT molecular complexity index is 1530. The number of aromatic nitrogens is 4.